The predicted molar refractivity (Wildman–Crippen MR) is 154 cm³/mol. The predicted octanol–water partition coefficient (Wildman–Crippen LogP) is 5.08. The molecule has 5 N–H and O–H groups in total. The van der Waals surface area contributed by atoms with E-state index in [1.165, 1.54) is 6.42 Å². The molecule has 0 aromatic heterocycles. The molecule has 1 amide bonds. The van der Waals surface area contributed by atoms with Gasteiger partial charge in [-0.15, -0.1) is 0 Å². The summed E-state index contributed by atoms with van der Waals surface area (Å²) in [6.07, 6.45) is 4.49. The molecule has 1 saturated carbocycles. The van der Waals surface area contributed by atoms with Gasteiger partial charge in [-0.3, -0.25) is 13.9 Å². The summed E-state index contributed by atoms with van der Waals surface area (Å²) < 4.78 is 48.4. The van der Waals surface area contributed by atoms with Gasteiger partial charge in [0.1, 0.15) is 6.04 Å². The fourth-order valence-corrected chi connectivity index (χ4v) is 7.63. The van der Waals surface area contributed by atoms with E-state index in [4.69, 9.17) is 0 Å². The van der Waals surface area contributed by atoms with E-state index in [1.807, 2.05) is 31.2 Å². The van der Waals surface area contributed by atoms with E-state index in [0.717, 1.165) is 29.9 Å². The van der Waals surface area contributed by atoms with Gasteiger partial charge in [0.25, 0.3) is 0 Å². The summed E-state index contributed by atoms with van der Waals surface area (Å²) in [7, 11) is -7.36. The zero-order valence-electron chi connectivity index (χ0n) is 22.1. The Kier molecular flexibility index (Phi) is 10.0. The molecule has 0 aliphatic heterocycles. The number of aliphatic hydroxyl groups is 1. The highest BCUT2D eigenvalue weighted by Crippen LogP contribution is 2.49. The van der Waals surface area contributed by atoms with Crippen LogP contribution in [-0.2, 0) is 14.8 Å². The van der Waals surface area contributed by atoms with Crippen molar-refractivity contribution in [3.05, 3.63) is 42.5 Å². The van der Waals surface area contributed by atoms with Crippen LogP contribution < -0.4 is 10.0 Å². The first-order valence-electron chi connectivity index (χ1n) is 13.0. The maximum atomic E-state index is 13.3. The van der Waals surface area contributed by atoms with Crippen LogP contribution in [0.1, 0.15) is 55.7 Å². The van der Waals surface area contributed by atoms with E-state index in [0.29, 0.717) is 30.6 Å². The van der Waals surface area contributed by atoms with E-state index in [-0.39, 0.29) is 7.75 Å². The van der Waals surface area contributed by atoms with Gasteiger partial charge in [0.2, 0.25) is 15.9 Å². The Labute approximate surface area is 225 Å². The molecule has 6 atom stereocenters. The van der Waals surface area contributed by atoms with Crippen molar-refractivity contribution in [2.75, 3.05) is 12.0 Å². The van der Waals surface area contributed by atoms with Crippen molar-refractivity contribution >= 4 is 37.3 Å². The topological polar surface area (TPSA) is 136 Å². The van der Waals surface area contributed by atoms with Crippen LogP contribution in [0.15, 0.2) is 47.4 Å². The second-order valence-corrected chi connectivity index (χ2v) is 14.7. The lowest BCUT2D eigenvalue weighted by molar-refractivity contribution is -0.124. The van der Waals surface area contributed by atoms with Gasteiger partial charge in [-0.05, 0) is 59.9 Å². The molecule has 10 heteroatoms. The molecule has 2 aromatic rings. The average Bonchev–Trinajstić information content (AvgIpc) is 2.82. The molecule has 0 radical (unpaired) electrons. The summed E-state index contributed by atoms with van der Waals surface area (Å²) >= 11 is 0. The van der Waals surface area contributed by atoms with Crippen LogP contribution in [0.2, 0.25) is 0 Å². The van der Waals surface area contributed by atoms with Gasteiger partial charge in [0.15, 0.2) is 0 Å². The number of hydrogen-bond acceptors (Lipinski definition) is 6. The van der Waals surface area contributed by atoms with Gasteiger partial charge < -0.3 is 10.4 Å². The molecule has 1 aliphatic carbocycles. The van der Waals surface area contributed by atoms with Crippen molar-refractivity contribution in [2.45, 2.75) is 76.0 Å². The van der Waals surface area contributed by atoms with Crippen molar-refractivity contribution < 1.29 is 30.3 Å². The molecule has 3 rings (SSSR count). The number of carbonyl (C=O) groups excluding carboxylic acids is 1. The SMILES string of the molecule is CC[C@H](NC(=O)[C@@H](CS(O)(O)c1ccc2ccccc2c1)NS(C)(=O)=O)[C@H](O)CC1CC(C)CCC1C.[HH].[HH]. The maximum absolute atomic E-state index is 13.3. The Morgan fingerprint density at radius 3 is 2.43 bits per heavy atom. The Bertz CT molecular complexity index is 1180. The van der Waals surface area contributed by atoms with Crippen LogP contribution in [0.3, 0.4) is 0 Å². The molecule has 8 nitrogen and oxygen atoms in total. The lowest BCUT2D eigenvalue weighted by Crippen LogP contribution is -2.54. The fourth-order valence-electron chi connectivity index (χ4n) is 5.33. The molecule has 1 aliphatic rings. The molecule has 0 heterocycles. The molecule has 2 aromatic carbocycles. The summed E-state index contributed by atoms with van der Waals surface area (Å²) in [5, 5.41) is 15.5. The van der Waals surface area contributed by atoms with Crippen LogP contribution in [0.5, 0.6) is 0 Å². The zero-order valence-corrected chi connectivity index (χ0v) is 23.8. The summed E-state index contributed by atoms with van der Waals surface area (Å²) in [5.41, 5.74) is 0. The molecule has 3 unspecified atom stereocenters. The molecule has 0 spiro atoms. The molecular weight excluding hydrogens is 512 g/mol. The van der Waals surface area contributed by atoms with Gasteiger partial charge >= 0.3 is 0 Å². The highest BCUT2D eigenvalue weighted by molar-refractivity contribution is 8.24. The number of benzene rings is 2. The highest BCUT2D eigenvalue weighted by atomic mass is 32.3. The van der Waals surface area contributed by atoms with Crippen LogP contribution >= 0.6 is 10.6 Å². The van der Waals surface area contributed by atoms with Gasteiger partial charge in [0, 0.05) is 2.85 Å². The number of nitrogens with one attached hydrogen (secondary N) is 2. The van der Waals surface area contributed by atoms with Gasteiger partial charge in [-0.2, -0.15) is 10.6 Å². The first kappa shape index (κ1) is 29.9. The summed E-state index contributed by atoms with van der Waals surface area (Å²) in [6.45, 7) is 6.27. The van der Waals surface area contributed by atoms with Crippen LogP contribution in [-0.4, -0.2) is 58.7 Å². The Morgan fingerprint density at radius 1 is 1.11 bits per heavy atom. The van der Waals surface area contributed by atoms with Gasteiger partial charge in [0.05, 0.1) is 29.0 Å². The van der Waals surface area contributed by atoms with Crippen molar-refractivity contribution in [3.63, 3.8) is 0 Å². The summed E-state index contributed by atoms with van der Waals surface area (Å²) in [5.74, 6) is 0.241. The number of carbonyl (C=O) groups is 1. The van der Waals surface area contributed by atoms with E-state index in [1.54, 1.807) is 18.2 Å². The quantitative estimate of drug-likeness (QED) is 0.261. The third-order valence-electron chi connectivity index (χ3n) is 7.57. The van der Waals surface area contributed by atoms with Crippen molar-refractivity contribution in [3.8, 4) is 0 Å². The highest BCUT2D eigenvalue weighted by Gasteiger charge is 2.34. The monoisotopic (exact) mass is 558 g/mol. The molecule has 37 heavy (non-hydrogen) atoms. The minimum atomic E-state index is -3.84. The number of amides is 1. The van der Waals surface area contributed by atoms with Crippen molar-refractivity contribution in [2.24, 2.45) is 17.8 Å². The van der Waals surface area contributed by atoms with Crippen molar-refractivity contribution in [1.82, 2.24) is 10.0 Å². The molecular formula is C27H46N2O6S2. The Morgan fingerprint density at radius 2 is 1.78 bits per heavy atom. The molecule has 212 valence electrons. The molecule has 1 fully saturated rings. The second kappa shape index (κ2) is 12.4. The van der Waals surface area contributed by atoms with E-state index in [9.17, 15) is 27.4 Å². The smallest absolute Gasteiger partial charge is 0.240 e. The first-order valence-corrected chi connectivity index (χ1v) is 16.6. The minimum absolute atomic E-state index is 0. The average molecular weight is 559 g/mol. The lowest BCUT2D eigenvalue weighted by atomic mass is 9.73. The number of hydrogen-bond donors (Lipinski definition) is 5. The van der Waals surface area contributed by atoms with Crippen LogP contribution in [0, 0.1) is 17.8 Å². The standard InChI is InChI=1S/C27H42N2O6S2.2H2/c1-5-24(26(30)16-22-14-18(2)10-11-19(22)3)28-27(31)25(29-36(4,32)33)17-37(34,35)23-13-12-20-8-6-7-9-21(20)15-23;;/h6-9,12-13,15,18-19,22,24-26,29-30,34-35H,5,10-11,14,16-17H2,1-4H3,(H,28,31);2*1H/t18?,19?,22?,24-,25+,26+;;/m0../s1. The van der Waals surface area contributed by atoms with Gasteiger partial charge in [-0.25, -0.2) is 13.1 Å². The molecule has 0 bridgehead atoms. The number of rotatable bonds is 11. The zero-order chi connectivity index (χ0) is 27.4. The summed E-state index contributed by atoms with van der Waals surface area (Å²) in [6, 6.07) is 10.4. The van der Waals surface area contributed by atoms with Gasteiger partial charge in [-0.1, -0.05) is 63.9 Å². The largest absolute Gasteiger partial charge is 0.391 e. The van der Waals surface area contributed by atoms with E-state index < -0.39 is 50.5 Å². The number of sulfonamides is 1. The van der Waals surface area contributed by atoms with E-state index >= 15 is 0 Å². The normalized spacial score (nSPS) is 23.8. The third kappa shape index (κ3) is 8.40. The minimum Gasteiger partial charge on any atom is -0.391 e. The maximum Gasteiger partial charge on any atom is 0.240 e. The van der Waals surface area contributed by atoms with Crippen molar-refractivity contribution in [1.29, 1.82) is 0 Å². The van der Waals surface area contributed by atoms with Crippen LogP contribution in [0.25, 0.3) is 10.8 Å². The summed E-state index contributed by atoms with van der Waals surface area (Å²) in [4.78, 5) is 13.5. The Hall–Kier alpha value is -1.69. The first-order chi connectivity index (χ1) is 17.3. The van der Waals surface area contributed by atoms with E-state index in [2.05, 4.69) is 23.9 Å². The fraction of sp³-hybridized carbons (Fsp3) is 0.593. The lowest BCUT2D eigenvalue weighted by Gasteiger charge is -2.37. The Balaban J connectivity index is 0.00000380. The number of aliphatic hydroxyl groups excluding tert-OH is 1. The second-order valence-electron chi connectivity index (χ2n) is 10.8. The molecule has 0 saturated heterocycles. The van der Waals surface area contributed by atoms with Crippen LogP contribution in [0.4, 0.5) is 0 Å². The third-order valence-corrected chi connectivity index (χ3v) is 10.1. The number of fused-ring (bicyclic) bond motifs is 1.